The second kappa shape index (κ2) is 5.39. The van der Waals surface area contributed by atoms with Crippen LogP contribution in [0.2, 0.25) is 0 Å². The Labute approximate surface area is 136 Å². The molecule has 0 unspecified atom stereocenters. The van der Waals surface area contributed by atoms with Crippen LogP contribution in [0.4, 0.5) is 37.8 Å². The fourth-order valence-electron chi connectivity index (χ4n) is 2.68. The molecule has 0 radical (unpaired) electrons. The number of aromatic carboxylic acids is 1. The Kier molecular flexibility index (Phi) is 3.69. The second-order valence-corrected chi connectivity index (χ2v) is 5.27. The number of anilines is 2. The Balaban J connectivity index is 2.14. The first-order chi connectivity index (χ1) is 11.5. The van der Waals surface area contributed by atoms with E-state index in [1.165, 1.54) is 6.07 Å². The van der Waals surface area contributed by atoms with Crippen molar-refractivity contribution in [2.24, 2.45) is 0 Å². The lowest BCUT2D eigenvalue weighted by Gasteiger charge is -2.20. The average molecular weight is 365 g/mol. The number of aromatic nitrogens is 2. The lowest BCUT2D eigenvalue weighted by Crippen LogP contribution is -2.19. The van der Waals surface area contributed by atoms with Crippen LogP contribution in [0.15, 0.2) is 24.3 Å². The molecular weight excluding hydrogens is 356 g/mol. The molecule has 0 spiro atoms. The first kappa shape index (κ1) is 17.1. The van der Waals surface area contributed by atoms with Crippen LogP contribution in [0.3, 0.4) is 0 Å². The van der Waals surface area contributed by atoms with E-state index in [2.05, 4.69) is 5.10 Å². The summed E-state index contributed by atoms with van der Waals surface area (Å²) in [6.45, 7) is -0.0794. The van der Waals surface area contributed by atoms with Crippen molar-refractivity contribution in [2.75, 3.05) is 11.4 Å². The van der Waals surface area contributed by atoms with Gasteiger partial charge < -0.3 is 10.0 Å². The van der Waals surface area contributed by atoms with Crippen molar-refractivity contribution in [3.05, 3.63) is 41.1 Å². The highest BCUT2D eigenvalue weighted by molar-refractivity contribution is 5.96. The van der Waals surface area contributed by atoms with E-state index >= 15 is 0 Å². The maximum atomic E-state index is 13.0. The molecule has 0 aliphatic carbocycles. The molecule has 0 atom stereocenters. The average Bonchev–Trinajstić information content (AvgIpc) is 3.04. The van der Waals surface area contributed by atoms with Gasteiger partial charge in [-0.05, 0) is 18.2 Å². The van der Waals surface area contributed by atoms with Gasteiger partial charge in [-0.1, -0.05) is 6.07 Å². The minimum atomic E-state index is -5.00. The molecule has 3 rings (SSSR count). The van der Waals surface area contributed by atoms with Crippen LogP contribution in [0.5, 0.6) is 0 Å². The Hall–Kier alpha value is -2.72. The van der Waals surface area contributed by atoms with Crippen LogP contribution in [-0.4, -0.2) is 27.4 Å². The second-order valence-electron chi connectivity index (χ2n) is 5.27. The van der Waals surface area contributed by atoms with Gasteiger partial charge in [0.1, 0.15) is 11.4 Å². The van der Waals surface area contributed by atoms with Crippen molar-refractivity contribution in [1.82, 2.24) is 9.78 Å². The van der Waals surface area contributed by atoms with Crippen LogP contribution in [0.1, 0.15) is 21.6 Å². The number of nitrogens with zero attached hydrogens (tertiary/aromatic N) is 3. The van der Waals surface area contributed by atoms with Gasteiger partial charge in [-0.15, -0.1) is 0 Å². The highest BCUT2D eigenvalue weighted by atomic mass is 19.4. The normalized spacial score (nSPS) is 14.7. The van der Waals surface area contributed by atoms with Crippen molar-refractivity contribution < 1.29 is 36.2 Å². The number of alkyl halides is 6. The summed E-state index contributed by atoms with van der Waals surface area (Å²) < 4.78 is 78.4. The Bertz CT molecular complexity index is 840. The molecule has 0 fully saturated rings. The largest absolute Gasteiger partial charge is 0.477 e. The Morgan fingerprint density at radius 2 is 1.76 bits per heavy atom. The quantitative estimate of drug-likeness (QED) is 0.824. The van der Waals surface area contributed by atoms with Crippen LogP contribution >= 0.6 is 0 Å². The number of fused-ring (bicyclic) bond motifs is 1. The van der Waals surface area contributed by atoms with E-state index in [-0.39, 0.29) is 24.6 Å². The van der Waals surface area contributed by atoms with Crippen molar-refractivity contribution in [3.63, 3.8) is 0 Å². The third kappa shape index (κ3) is 2.89. The van der Waals surface area contributed by atoms with Crippen LogP contribution in [0.25, 0.3) is 0 Å². The smallest absolute Gasteiger partial charge is 0.436 e. The number of benzene rings is 1. The van der Waals surface area contributed by atoms with Gasteiger partial charge in [-0.2, -0.15) is 31.4 Å². The predicted octanol–water partition coefficient (Wildman–Crippen LogP) is 3.77. The topological polar surface area (TPSA) is 58.4 Å². The summed E-state index contributed by atoms with van der Waals surface area (Å²) in [5.41, 5.74) is -3.71. The van der Waals surface area contributed by atoms with E-state index in [9.17, 15) is 36.2 Å². The molecule has 11 heteroatoms. The molecule has 0 bridgehead atoms. The highest BCUT2D eigenvalue weighted by Gasteiger charge is 2.44. The molecule has 25 heavy (non-hydrogen) atoms. The van der Waals surface area contributed by atoms with E-state index in [1.807, 2.05) is 0 Å². The summed E-state index contributed by atoms with van der Waals surface area (Å²) in [5, 5.41) is 12.4. The highest BCUT2D eigenvalue weighted by Crippen LogP contribution is 2.41. The van der Waals surface area contributed by atoms with Crippen molar-refractivity contribution in [1.29, 1.82) is 0 Å². The predicted molar refractivity (Wildman–Crippen MR) is 72.6 cm³/mol. The molecule has 0 amide bonds. The first-order valence-corrected chi connectivity index (χ1v) is 6.86. The lowest BCUT2D eigenvalue weighted by atomic mass is 10.1. The molecule has 1 aromatic heterocycles. The van der Waals surface area contributed by atoms with Gasteiger partial charge in [0.05, 0.1) is 12.1 Å². The third-order valence-electron chi connectivity index (χ3n) is 3.68. The summed E-state index contributed by atoms with van der Waals surface area (Å²) >= 11 is 0. The summed E-state index contributed by atoms with van der Waals surface area (Å²) in [7, 11) is 0. The Morgan fingerprint density at radius 1 is 1.08 bits per heavy atom. The molecule has 134 valence electrons. The van der Waals surface area contributed by atoms with Gasteiger partial charge in [0, 0.05) is 12.2 Å². The van der Waals surface area contributed by atoms with E-state index in [0.717, 1.165) is 27.8 Å². The van der Waals surface area contributed by atoms with Gasteiger partial charge in [-0.3, -0.25) is 0 Å². The van der Waals surface area contributed by atoms with Crippen molar-refractivity contribution >= 4 is 17.5 Å². The molecule has 2 heterocycles. The monoisotopic (exact) mass is 365 g/mol. The molecule has 1 aromatic carbocycles. The molecule has 1 aliphatic rings. The van der Waals surface area contributed by atoms with Gasteiger partial charge in [-0.25, -0.2) is 9.48 Å². The van der Waals surface area contributed by atoms with E-state index in [4.69, 9.17) is 0 Å². The van der Waals surface area contributed by atoms with E-state index in [0.29, 0.717) is 0 Å². The summed E-state index contributed by atoms with van der Waals surface area (Å²) in [6, 6.07) is 3.93. The zero-order valence-corrected chi connectivity index (χ0v) is 12.2. The van der Waals surface area contributed by atoms with Crippen molar-refractivity contribution in [3.8, 4) is 0 Å². The minimum absolute atomic E-state index is 0.00204. The van der Waals surface area contributed by atoms with Crippen molar-refractivity contribution in [2.45, 2.75) is 18.9 Å². The molecule has 0 saturated heterocycles. The molecular formula is C14H9F6N3O2. The van der Waals surface area contributed by atoms with Gasteiger partial charge in [0.15, 0.2) is 5.69 Å². The Morgan fingerprint density at radius 3 is 2.32 bits per heavy atom. The number of rotatable bonds is 2. The first-order valence-electron chi connectivity index (χ1n) is 6.86. The minimum Gasteiger partial charge on any atom is -0.477 e. The molecule has 2 aromatic rings. The third-order valence-corrected chi connectivity index (χ3v) is 3.68. The molecule has 0 saturated carbocycles. The maximum absolute atomic E-state index is 13.0. The van der Waals surface area contributed by atoms with Gasteiger partial charge >= 0.3 is 18.3 Å². The lowest BCUT2D eigenvalue weighted by molar-refractivity contribution is -0.142. The fourth-order valence-corrected chi connectivity index (χ4v) is 2.68. The molecule has 5 nitrogen and oxygen atoms in total. The number of carboxylic acids is 1. The number of carbonyl (C=O) groups is 1. The van der Waals surface area contributed by atoms with Crippen LogP contribution < -0.4 is 4.90 Å². The number of halogens is 6. The summed E-state index contributed by atoms with van der Waals surface area (Å²) in [6.07, 6.45) is -9.63. The van der Waals surface area contributed by atoms with Crippen LogP contribution in [-0.2, 0) is 18.9 Å². The molecule has 1 aliphatic heterocycles. The zero-order chi connectivity index (χ0) is 18.6. The van der Waals surface area contributed by atoms with Gasteiger partial charge in [0.2, 0.25) is 0 Å². The van der Waals surface area contributed by atoms with E-state index in [1.54, 1.807) is 0 Å². The number of carboxylic acid groups (broad SMARTS) is 1. The SMILES string of the molecule is O=C(O)c1c(C(F)(F)F)nn2c1N(c1cccc(C(F)(F)F)c1)CC2. The standard InChI is InChI=1S/C14H9F6N3O2/c15-13(16,17)7-2-1-3-8(6-7)22-4-5-23-11(22)9(12(24)25)10(21-23)14(18,19)20/h1-3,6H,4-5H2,(H,24,25). The summed E-state index contributed by atoms with van der Waals surface area (Å²) in [4.78, 5) is 12.4. The molecule has 1 N–H and O–H groups in total. The number of hydrogen-bond donors (Lipinski definition) is 1. The van der Waals surface area contributed by atoms with E-state index < -0.39 is 35.1 Å². The fraction of sp³-hybridized carbons (Fsp3) is 0.286. The zero-order valence-electron chi connectivity index (χ0n) is 12.2. The van der Waals surface area contributed by atoms with Gasteiger partial charge in [0.25, 0.3) is 0 Å². The maximum Gasteiger partial charge on any atom is 0.436 e. The van der Waals surface area contributed by atoms with Crippen LogP contribution in [0, 0.1) is 0 Å². The number of hydrogen-bond acceptors (Lipinski definition) is 3. The summed E-state index contributed by atoms with van der Waals surface area (Å²) in [5.74, 6) is -2.24.